The molecule has 4 rings (SSSR count). The Morgan fingerprint density at radius 1 is 0.917 bits per heavy atom. The van der Waals surface area contributed by atoms with Crippen LogP contribution in [-0.4, -0.2) is 26.3 Å². The van der Waals surface area contributed by atoms with Crippen LogP contribution in [0.5, 0.6) is 5.75 Å². The fourth-order valence-corrected chi connectivity index (χ4v) is 6.09. The van der Waals surface area contributed by atoms with E-state index in [1.165, 1.54) is 54.6 Å². The fraction of sp³-hybridized carbons (Fsp3) is 0. The number of anilines is 1. The summed E-state index contributed by atoms with van der Waals surface area (Å²) in [6.45, 7) is 0. The highest BCUT2D eigenvalue weighted by Crippen LogP contribution is 2.38. The number of rotatable bonds is 5. The summed E-state index contributed by atoms with van der Waals surface area (Å²) in [6.07, 6.45) is 1.25. The van der Waals surface area contributed by atoms with Crippen molar-refractivity contribution in [3.63, 3.8) is 0 Å². The highest BCUT2D eigenvalue weighted by atomic mass is 79.9. The molecule has 184 valence electrons. The third-order valence-corrected chi connectivity index (χ3v) is 7.81. The van der Waals surface area contributed by atoms with Gasteiger partial charge in [0.15, 0.2) is 5.75 Å². The van der Waals surface area contributed by atoms with Crippen LogP contribution in [0.4, 0.5) is 10.5 Å². The molecule has 0 unspecified atom stereocenters. The van der Waals surface area contributed by atoms with Crippen molar-refractivity contribution in [3.8, 4) is 5.75 Å². The Morgan fingerprint density at radius 2 is 1.53 bits per heavy atom. The van der Waals surface area contributed by atoms with E-state index in [0.717, 1.165) is 4.90 Å². The molecular weight excluding hydrogens is 663 g/mol. The molecule has 36 heavy (non-hydrogen) atoms. The average Bonchev–Trinajstić information content (AvgIpc) is 2.80. The molecule has 3 aromatic carbocycles. The van der Waals surface area contributed by atoms with E-state index in [4.69, 9.17) is 27.4 Å². The van der Waals surface area contributed by atoms with Gasteiger partial charge in [0.05, 0.1) is 19.7 Å². The number of hydrogen-bond donors (Lipinski definition) is 1. The van der Waals surface area contributed by atoms with Crippen LogP contribution in [0.1, 0.15) is 5.56 Å². The Morgan fingerprint density at radius 3 is 2.14 bits per heavy atom. The number of amides is 4. The molecule has 8 nitrogen and oxygen atoms in total. The maximum absolute atomic E-state index is 13.1. The van der Waals surface area contributed by atoms with E-state index < -0.39 is 28.0 Å². The van der Waals surface area contributed by atoms with E-state index in [2.05, 4.69) is 37.2 Å². The summed E-state index contributed by atoms with van der Waals surface area (Å²) >= 11 is 18.5. The summed E-state index contributed by atoms with van der Waals surface area (Å²) in [4.78, 5) is 38.6. The third-order valence-electron chi connectivity index (χ3n) is 4.82. The van der Waals surface area contributed by atoms with Gasteiger partial charge in [-0.2, -0.15) is 8.42 Å². The standard InChI is InChI=1S/C23H12Br2Cl2N2O6S/c24-16-10-12(11-17(25)20(16)35-36(33,34)14-7-5-13(26)6-8-14)9-15-21(30)28-23(32)29(22(15)31)19-4-2-1-3-18(19)27/h1-11H,(H,28,30,32)/b15-9+. The van der Waals surface area contributed by atoms with E-state index in [-0.39, 0.29) is 35.9 Å². The maximum atomic E-state index is 13.1. The van der Waals surface area contributed by atoms with Crippen LogP contribution in [0.15, 0.2) is 80.1 Å². The summed E-state index contributed by atoms with van der Waals surface area (Å²) in [5, 5.41) is 2.62. The molecule has 1 N–H and O–H groups in total. The van der Waals surface area contributed by atoms with Crippen molar-refractivity contribution in [1.29, 1.82) is 0 Å². The minimum atomic E-state index is -4.19. The van der Waals surface area contributed by atoms with Gasteiger partial charge in [-0.15, -0.1) is 0 Å². The highest BCUT2D eigenvalue weighted by molar-refractivity contribution is 9.11. The second kappa shape index (κ2) is 10.3. The summed E-state index contributed by atoms with van der Waals surface area (Å²) in [5.74, 6) is -1.83. The lowest BCUT2D eigenvalue weighted by Crippen LogP contribution is -2.54. The molecular formula is C23H12Br2Cl2N2O6S. The first kappa shape index (κ1) is 26.4. The zero-order chi connectivity index (χ0) is 26.2. The van der Waals surface area contributed by atoms with E-state index in [1.54, 1.807) is 12.1 Å². The maximum Gasteiger partial charge on any atom is 0.339 e. The topological polar surface area (TPSA) is 110 Å². The lowest BCUT2D eigenvalue weighted by Gasteiger charge is -2.27. The molecule has 0 bridgehead atoms. The van der Waals surface area contributed by atoms with Gasteiger partial charge in [-0.1, -0.05) is 35.3 Å². The van der Waals surface area contributed by atoms with Gasteiger partial charge in [-0.05, 0) is 92.0 Å². The van der Waals surface area contributed by atoms with Gasteiger partial charge in [0.2, 0.25) is 0 Å². The van der Waals surface area contributed by atoms with E-state index in [9.17, 15) is 22.8 Å². The molecule has 0 radical (unpaired) electrons. The Labute approximate surface area is 232 Å². The number of halogens is 4. The Bertz CT molecular complexity index is 1540. The Balaban J connectivity index is 1.68. The van der Waals surface area contributed by atoms with Gasteiger partial charge >= 0.3 is 16.1 Å². The number of hydrogen-bond acceptors (Lipinski definition) is 6. The predicted molar refractivity (Wildman–Crippen MR) is 142 cm³/mol. The van der Waals surface area contributed by atoms with Crippen LogP contribution in [0.2, 0.25) is 10.0 Å². The summed E-state index contributed by atoms with van der Waals surface area (Å²) < 4.78 is 31.0. The quantitative estimate of drug-likeness (QED) is 0.204. The molecule has 1 heterocycles. The number of nitrogens with one attached hydrogen (secondary N) is 1. The number of barbiturate groups is 1. The van der Waals surface area contributed by atoms with Crippen molar-refractivity contribution >= 4 is 94.8 Å². The number of benzene rings is 3. The number of para-hydroxylation sites is 1. The highest BCUT2D eigenvalue weighted by Gasteiger charge is 2.37. The first-order chi connectivity index (χ1) is 17.0. The van der Waals surface area contributed by atoms with Gasteiger partial charge in [0, 0.05) is 5.02 Å². The predicted octanol–water partition coefficient (Wildman–Crippen LogP) is 5.95. The number of carbonyl (C=O) groups is 3. The molecule has 3 aromatic rings. The van der Waals surface area contributed by atoms with Crippen LogP contribution in [0, 0.1) is 0 Å². The van der Waals surface area contributed by atoms with E-state index >= 15 is 0 Å². The monoisotopic (exact) mass is 672 g/mol. The lowest BCUT2D eigenvalue weighted by atomic mass is 10.1. The number of urea groups is 1. The summed E-state index contributed by atoms with van der Waals surface area (Å²) in [6, 6.07) is 13.6. The summed E-state index contributed by atoms with van der Waals surface area (Å²) in [5.41, 5.74) is 0.103. The Kier molecular flexibility index (Phi) is 7.58. The molecule has 0 aliphatic carbocycles. The van der Waals surface area contributed by atoms with Crippen LogP contribution in [0.25, 0.3) is 6.08 Å². The summed E-state index contributed by atoms with van der Waals surface area (Å²) in [7, 11) is -4.19. The first-order valence-corrected chi connectivity index (χ1v) is 13.6. The Hall–Kier alpha value is -2.70. The largest absolute Gasteiger partial charge is 0.377 e. The van der Waals surface area contributed by atoms with Crippen molar-refractivity contribution in [1.82, 2.24) is 5.32 Å². The third kappa shape index (κ3) is 5.35. The molecule has 0 aromatic heterocycles. The smallest absolute Gasteiger partial charge is 0.339 e. The van der Waals surface area contributed by atoms with Crippen LogP contribution in [-0.2, 0) is 19.7 Å². The van der Waals surface area contributed by atoms with Gasteiger partial charge in [-0.3, -0.25) is 14.9 Å². The second-order valence-corrected chi connectivity index (χ2v) is 11.3. The zero-order valence-corrected chi connectivity index (χ0v) is 23.2. The van der Waals surface area contributed by atoms with Crippen molar-refractivity contribution in [2.45, 2.75) is 4.90 Å². The molecule has 1 fully saturated rings. The SMILES string of the molecule is O=C1NC(=O)N(c2ccccc2Cl)C(=O)/C1=C/c1cc(Br)c(OS(=O)(=O)c2ccc(Cl)cc2)c(Br)c1. The zero-order valence-electron chi connectivity index (χ0n) is 17.7. The molecule has 1 saturated heterocycles. The molecule has 4 amide bonds. The normalized spacial score (nSPS) is 15.3. The number of imide groups is 2. The fourth-order valence-electron chi connectivity index (χ4n) is 3.18. The number of nitrogens with zero attached hydrogens (tertiary/aromatic N) is 1. The molecule has 0 saturated carbocycles. The second-order valence-electron chi connectivity index (χ2n) is 7.21. The minimum absolute atomic E-state index is 0.0561. The van der Waals surface area contributed by atoms with Crippen LogP contribution in [0.3, 0.4) is 0 Å². The average molecular weight is 675 g/mol. The van der Waals surface area contributed by atoms with E-state index in [0.29, 0.717) is 10.6 Å². The van der Waals surface area contributed by atoms with Gasteiger partial charge in [0.1, 0.15) is 10.5 Å². The van der Waals surface area contributed by atoms with Crippen molar-refractivity contribution in [3.05, 3.63) is 90.8 Å². The van der Waals surface area contributed by atoms with Crippen molar-refractivity contribution < 1.29 is 27.0 Å². The van der Waals surface area contributed by atoms with Crippen LogP contribution >= 0.6 is 55.1 Å². The molecule has 1 aliphatic heterocycles. The molecule has 1 aliphatic rings. The minimum Gasteiger partial charge on any atom is -0.377 e. The van der Waals surface area contributed by atoms with Crippen molar-refractivity contribution in [2.75, 3.05) is 4.90 Å². The van der Waals surface area contributed by atoms with Gasteiger partial charge in [0.25, 0.3) is 11.8 Å². The lowest BCUT2D eigenvalue weighted by molar-refractivity contribution is -0.122. The molecule has 0 atom stereocenters. The number of carbonyl (C=O) groups excluding carboxylic acids is 3. The van der Waals surface area contributed by atoms with Gasteiger partial charge < -0.3 is 4.18 Å². The van der Waals surface area contributed by atoms with Gasteiger partial charge in [-0.25, -0.2) is 9.69 Å². The van der Waals surface area contributed by atoms with Crippen LogP contribution < -0.4 is 14.4 Å². The van der Waals surface area contributed by atoms with Crippen molar-refractivity contribution in [2.24, 2.45) is 0 Å². The first-order valence-electron chi connectivity index (χ1n) is 9.83. The molecule has 13 heteroatoms. The molecule has 0 spiro atoms. The van der Waals surface area contributed by atoms with E-state index in [1.807, 2.05) is 0 Å².